The second-order valence-electron chi connectivity index (χ2n) is 3.72. The lowest BCUT2D eigenvalue weighted by Gasteiger charge is -2.05. The molecule has 1 aliphatic carbocycles. The van der Waals surface area contributed by atoms with Gasteiger partial charge in [0.05, 0.1) is 0 Å². The van der Waals surface area contributed by atoms with E-state index in [1.54, 1.807) is 0 Å². The highest BCUT2D eigenvalue weighted by Gasteiger charge is 2.11. The molecule has 0 heteroatoms. The van der Waals surface area contributed by atoms with Gasteiger partial charge in [0.2, 0.25) is 0 Å². The van der Waals surface area contributed by atoms with Crippen LogP contribution in [0.3, 0.4) is 0 Å². The molecular weight excluding hydrogens is 108 g/mol. The van der Waals surface area contributed by atoms with E-state index in [1.165, 1.54) is 32.1 Å². The molecule has 0 aliphatic heterocycles. The van der Waals surface area contributed by atoms with E-state index in [1.807, 2.05) is 0 Å². The summed E-state index contributed by atoms with van der Waals surface area (Å²) in [7, 11) is 0. The summed E-state index contributed by atoms with van der Waals surface area (Å²) >= 11 is 0. The first kappa shape index (κ1) is 7.11. The smallest absolute Gasteiger partial charge is 0 e. The summed E-state index contributed by atoms with van der Waals surface area (Å²) in [6.45, 7) is 4.77. The summed E-state index contributed by atoms with van der Waals surface area (Å²) in [5, 5.41) is 0. The van der Waals surface area contributed by atoms with Crippen LogP contribution >= 0.6 is 0 Å². The maximum Gasteiger partial charge on any atom is 0 e. The van der Waals surface area contributed by atoms with Gasteiger partial charge in [-0.25, -0.2) is 0 Å². The van der Waals surface area contributed by atoms with E-state index in [9.17, 15) is 0 Å². The Morgan fingerprint density at radius 3 is 1.78 bits per heavy atom. The van der Waals surface area contributed by atoms with Gasteiger partial charge in [-0.3, -0.25) is 0 Å². The standard InChI is InChI=1S/C9H18.H2/c1-8-4-3-5-9(2)7-6-8;/h8-9H,3-7H2,1-2H3;1H. The third-order valence-electron chi connectivity index (χ3n) is 2.55. The molecule has 1 saturated carbocycles. The fraction of sp³-hybridized carbons (Fsp3) is 1.00. The van der Waals surface area contributed by atoms with Crippen molar-refractivity contribution in [1.82, 2.24) is 0 Å². The molecule has 56 valence electrons. The van der Waals surface area contributed by atoms with Crippen LogP contribution in [0.5, 0.6) is 0 Å². The molecule has 1 aliphatic rings. The number of rotatable bonds is 0. The second kappa shape index (κ2) is 3.24. The van der Waals surface area contributed by atoms with E-state index in [0.717, 1.165) is 11.8 Å². The number of hydrogen-bond donors (Lipinski definition) is 0. The van der Waals surface area contributed by atoms with E-state index < -0.39 is 0 Å². The average molecular weight is 128 g/mol. The minimum Gasteiger partial charge on any atom is -0.0625 e. The molecule has 0 spiro atoms. The second-order valence-corrected chi connectivity index (χ2v) is 3.72. The lowest BCUT2D eigenvalue weighted by Crippen LogP contribution is -1.91. The van der Waals surface area contributed by atoms with Crippen LogP contribution in [0.2, 0.25) is 0 Å². The molecule has 1 fully saturated rings. The molecule has 0 bridgehead atoms. The molecule has 0 radical (unpaired) electrons. The summed E-state index contributed by atoms with van der Waals surface area (Å²) in [6.07, 6.45) is 7.37. The highest BCUT2D eigenvalue weighted by atomic mass is 14.2. The predicted octanol–water partition coefficient (Wildman–Crippen LogP) is 3.47. The first-order valence-electron chi connectivity index (χ1n) is 4.29. The van der Waals surface area contributed by atoms with Gasteiger partial charge in [-0.2, -0.15) is 0 Å². The van der Waals surface area contributed by atoms with Crippen LogP contribution in [0.1, 0.15) is 47.4 Å². The van der Waals surface area contributed by atoms with E-state index in [4.69, 9.17) is 0 Å². The lowest BCUT2D eigenvalue weighted by molar-refractivity contribution is 0.476. The fourth-order valence-electron chi connectivity index (χ4n) is 1.67. The Kier molecular flexibility index (Phi) is 2.56. The highest BCUT2D eigenvalue weighted by molar-refractivity contribution is 4.64. The van der Waals surface area contributed by atoms with Crippen molar-refractivity contribution < 1.29 is 1.43 Å². The van der Waals surface area contributed by atoms with Crippen LogP contribution in [0, 0.1) is 11.8 Å². The molecule has 0 saturated heterocycles. The summed E-state index contributed by atoms with van der Waals surface area (Å²) in [5.41, 5.74) is 0. The maximum absolute atomic E-state index is 2.39. The van der Waals surface area contributed by atoms with Gasteiger partial charge in [-0.05, 0) is 11.8 Å². The minimum atomic E-state index is 0. The molecular formula is C9H20. The first-order chi connectivity index (χ1) is 4.29. The Labute approximate surface area is 60.1 Å². The van der Waals surface area contributed by atoms with Crippen molar-refractivity contribution in [2.24, 2.45) is 11.8 Å². The molecule has 0 N–H and O–H groups in total. The topological polar surface area (TPSA) is 0 Å². The van der Waals surface area contributed by atoms with Gasteiger partial charge in [0.15, 0.2) is 0 Å². The molecule has 2 atom stereocenters. The van der Waals surface area contributed by atoms with E-state index in [2.05, 4.69) is 13.8 Å². The molecule has 0 aromatic carbocycles. The Morgan fingerprint density at radius 1 is 0.889 bits per heavy atom. The molecule has 1 rings (SSSR count). The van der Waals surface area contributed by atoms with Gasteiger partial charge in [-0.15, -0.1) is 0 Å². The van der Waals surface area contributed by atoms with Gasteiger partial charge < -0.3 is 0 Å². The van der Waals surface area contributed by atoms with Crippen molar-refractivity contribution in [3.63, 3.8) is 0 Å². The normalized spacial score (nSPS) is 38.0. The molecule has 9 heavy (non-hydrogen) atoms. The minimum absolute atomic E-state index is 0. The van der Waals surface area contributed by atoms with Crippen LogP contribution < -0.4 is 0 Å². The van der Waals surface area contributed by atoms with Crippen molar-refractivity contribution in [3.8, 4) is 0 Å². The van der Waals surface area contributed by atoms with Gasteiger partial charge in [0.1, 0.15) is 0 Å². The third-order valence-corrected chi connectivity index (χ3v) is 2.55. The van der Waals surface area contributed by atoms with E-state index >= 15 is 0 Å². The predicted molar refractivity (Wildman–Crippen MR) is 43.5 cm³/mol. The molecule has 0 aromatic rings. The lowest BCUT2D eigenvalue weighted by atomic mass is 10.0. The van der Waals surface area contributed by atoms with Crippen molar-refractivity contribution in [2.45, 2.75) is 46.0 Å². The Balaban J connectivity index is 0.000000810. The molecule has 0 nitrogen and oxygen atoms in total. The molecule has 0 aromatic heterocycles. The van der Waals surface area contributed by atoms with Crippen LogP contribution in [0.25, 0.3) is 0 Å². The fourth-order valence-corrected chi connectivity index (χ4v) is 1.67. The van der Waals surface area contributed by atoms with Crippen LogP contribution in [-0.2, 0) is 0 Å². The van der Waals surface area contributed by atoms with Crippen molar-refractivity contribution >= 4 is 0 Å². The molecule has 0 amide bonds. The van der Waals surface area contributed by atoms with Gasteiger partial charge >= 0.3 is 0 Å². The quantitative estimate of drug-likeness (QED) is 0.438. The van der Waals surface area contributed by atoms with Crippen molar-refractivity contribution in [3.05, 3.63) is 0 Å². The summed E-state index contributed by atoms with van der Waals surface area (Å²) in [6, 6.07) is 0. The largest absolute Gasteiger partial charge is 0.0625 e. The summed E-state index contributed by atoms with van der Waals surface area (Å²) in [5.74, 6) is 2.02. The van der Waals surface area contributed by atoms with Gasteiger partial charge in [0, 0.05) is 1.43 Å². The zero-order valence-corrected chi connectivity index (χ0v) is 6.69. The maximum atomic E-state index is 2.39. The van der Waals surface area contributed by atoms with Crippen LogP contribution in [-0.4, -0.2) is 0 Å². The molecule has 0 heterocycles. The number of hydrogen-bond acceptors (Lipinski definition) is 0. The average Bonchev–Trinajstić information content (AvgIpc) is 1.97. The van der Waals surface area contributed by atoms with Crippen LogP contribution in [0.15, 0.2) is 0 Å². The summed E-state index contributed by atoms with van der Waals surface area (Å²) < 4.78 is 0. The van der Waals surface area contributed by atoms with E-state index in [-0.39, 0.29) is 1.43 Å². The van der Waals surface area contributed by atoms with Crippen molar-refractivity contribution in [2.75, 3.05) is 0 Å². The van der Waals surface area contributed by atoms with Crippen LogP contribution in [0.4, 0.5) is 0 Å². The highest BCUT2D eigenvalue weighted by Crippen LogP contribution is 2.25. The zero-order chi connectivity index (χ0) is 6.69. The zero-order valence-electron chi connectivity index (χ0n) is 6.69. The van der Waals surface area contributed by atoms with Gasteiger partial charge in [0.25, 0.3) is 0 Å². The summed E-state index contributed by atoms with van der Waals surface area (Å²) in [4.78, 5) is 0. The Hall–Kier alpha value is 0. The molecule has 2 unspecified atom stereocenters. The monoisotopic (exact) mass is 128 g/mol. The first-order valence-corrected chi connectivity index (χ1v) is 4.29. The van der Waals surface area contributed by atoms with E-state index in [0.29, 0.717) is 0 Å². The SMILES string of the molecule is CC1CCCC(C)CC1.[HH]. The van der Waals surface area contributed by atoms with Gasteiger partial charge in [-0.1, -0.05) is 46.0 Å². The Morgan fingerprint density at radius 2 is 1.33 bits per heavy atom. The van der Waals surface area contributed by atoms with Crippen molar-refractivity contribution in [1.29, 1.82) is 0 Å². The third kappa shape index (κ3) is 2.38. The Bertz CT molecular complexity index is 70.8.